The Morgan fingerprint density at radius 3 is 2.80 bits per heavy atom. The van der Waals surface area contributed by atoms with Crippen LogP contribution in [-0.2, 0) is 7.05 Å². The molecule has 2 rings (SSSR count). The Bertz CT molecular complexity index is 776. The van der Waals surface area contributed by atoms with E-state index in [4.69, 9.17) is 12.2 Å². The molecule has 106 valence electrons. The van der Waals surface area contributed by atoms with E-state index in [1.165, 1.54) is 4.57 Å². The molecule has 0 aliphatic rings. The number of carbonyl (C=O) groups is 1. The topological polar surface area (TPSA) is 58.1 Å². The van der Waals surface area contributed by atoms with E-state index in [2.05, 4.69) is 4.98 Å². The number of benzene rings is 1. The fourth-order valence-corrected chi connectivity index (χ4v) is 2.29. The van der Waals surface area contributed by atoms with Gasteiger partial charge in [-0.15, -0.1) is 0 Å². The first-order chi connectivity index (χ1) is 9.45. The number of rotatable bonds is 3. The summed E-state index contributed by atoms with van der Waals surface area (Å²) in [5.41, 5.74) is 0.978. The van der Waals surface area contributed by atoms with E-state index >= 15 is 0 Å². The zero-order valence-corrected chi connectivity index (χ0v) is 12.6. The highest BCUT2D eigenvalue weighted by Gasteiger charge is 2.12. The maximum atomic E-state index is 12.2. The van der Waals surface area contributed by atoms with E-state index in [1.54, 1.807) is 37.2 Å². The number of nitrogens with one attached hydrogen (secondary N) is 1. The van der Waals surface area contributed by atoms with Crippen LogP contribution in [0.25, 0.3) is 10.9 Å². The second-order valence-corrected chi connectivity index (χ2v) is 5.17. The van der Waals surface area contributed by atoms with Crippen molar-refractivity contribution in [3.8, 4) is 0 Å². The summed E-state index contributed by atoms with van der Waals surface area (Å²) >= 11 is 5.08. The lowest BCUT2D eigenvalue weighted by Crippen LogP contribution is -2.27. The lowest BCUT2D eigenvalue weighted by molar-refractivity contribution is 0.0795. The summed E-state index contributed by atoms with van der Waals surface area (Å²) in [6, 6.07) is 5.02. The minimum absolute atomic E-state index is 0.0613. The van der Waals surface area contributed by atoms with Crippen LogP contribution >= 0.6 is 12.2 Å². The molecule has 0 spiro atoms. The third-order valence-corrected chi connectivity index (χ3v) is 3.63. The van der Waals surface area contributed by atoms with Gasteiger partial charge in [-0.2, -0.15) is 0 Å². The summed E-state index contributed by atoms with van der Waals surface area (Å²) in [5, 5.41) is 0.524. The molecule has 20 heavy (non-hydrogen) atoms. The average Bonchev–Trinajstić information content (AvgIpc) is 2.43. The molecule has 0 aliphatic carbocycles. The maximum Gasteiger partial charge on any atom is 0.261 e. The molecule has 0 atom stereocenters. The first kappa shape index (κ1) is 14.5. The second kappa shape index (κ2) is 5.58. The van der Waals surface area contributed by atoms with Gasteiger partial charge in [-0.05, 0) is 36.8 Å². The molecule has 0 bridgehead atoms. The molecule has 1 heterocycles. The molecule has 0 unspecified atom stereocenters. The van der Waals surface area contributed by atoms with Gasteiger partial charge in [0.15, 0.2) is 4.77 Å². The number of aromatic amines is 1. The van der Waals surface area contributed by atoms with Gasteiger partial charge in [-0.3, -0.25) is 14.2 Å². The third-order valence-electron chi connectivity index (χ3n) is 3.25. The fraction of sp³-hybridized carbons (Fsp3) is 0.357. The Morgan fingerprint density at radius 1 is 1.45 bits per heavy atom. The SMILES string of the molecule is CCCN(C)C(=O)c1ccc2c(=O)n(C)c(=S)[nH]c2c1. The molecular formula is C14H17N3O2S. The Kier molecular flexibility index (Phi) is 4.04. The van der Waals surface area contributed by atoms with Crippen LogP contribution in [0.2, 0.25) is 0 Å². The van der Waals surface area contributed by atoms with Crippen LogP contribution in [0.1, 0.15) is 23.7 Å². The van der Waals surface area contributed by atoms with Gasteiger partial charge in [0.25, 0.3) is 11.5 Å². The Labute approximate surface area is 121 Å². The van der Waals surface area contributed by atoms with Crippen LogP contribution in [-0.4, -0.2) is 34.0 Å². The number of hydrogen-bond donors (Lipinski definition) is 1. The van der Waals surface area contributed by atoms with Crippen molar-refractivity contribution in [2.75, 3.05) is 13.6 Å². The summed E-state index contributed by atoms with van der Waals surface area (Å²) in [6.45, 7) is 2.72. The number of amides is 1. The number of hydrogen-bond acceptors (Lipinski definition) is 3. The van der Waals surface area contributed by atoms with Crippen LogP contribution in [0.3, 0.4) is 0 Å². The first-order valence-electron chi connectivity index (χ1n) is 6.44. The number of nitrogens with zero attached hydrogens (tertiary/aromatic N) is 2. The van der Waals surface area contributed by atoms with Gasteiger partial charge in [0.05, 0.1) is 10.9 Å². The number of carbonyl (C=O) groups excluding carboxylic acids is 1. The molecule has 6 heteroatoms. The lowest BCUT2D eigenvalue weighted by atomic mass is 10.1. The zero-order valence-electron chi connectivity index (χ0n) is 11.8. The molecule has 0 fully saturated rings. The molecule has 5 nitrogen and oxygen atoms in total. The Balaban J connectivity index is 2.55. The molecule has 1 aromatic carbocycles. The van der Waals surface area contributed by atoms with Crippen molar-refractivity contribution in [3.05, 3.63) is 38.9 Å². The van der Waals surface area contributed by atoms with E-state index in [0.29, 0.717) is 27.8 Å². The van der Waals surface area contributed by atoms with E-state index in [-0.39, 0.29) is 11.5 Å². The standard InChI is InChI=1S/C14H17N3O2S/c1-4-7-16(2)12(18)9-5-6-10-11(8-9)15-14(20)17(3)13(10)19/h5-6,8H,4,7H2,1-3H3,(H,15,20). The molecule has 0 radical (unpaired) electrons. The van der Waals surface area contributed by atoms with E-state index in [1.807, 2.05) is 6.92 Å². The van der Waals surface area contributed by atoms with Crippen molar-refractivity contribution in [2.45, 2.75) is 13.3 Å². The minimum Gasteiger partial charge on any atom is -0.342 e. The van der Waals surface area contributed by atoms with Crippen LogP contribution < -0.4 is 5.56 Å². The summed E-state index contributed by atoms with van der Waals surface area (Å²) in [5.74, 6) is -0.0613. The smallest absolute Gasteiger partial charge is 0.261 e. The predicted molar refractivity (Wildman–Crippen MR) is 81.6 cm³/mol. The van der Waals surface area contributed by atoms with Gasteiger partial charge in [0, 0.05) is 26.2 Å². The van der Waals surface area contributed by atoms with Crippen LogP contribution in [0.5, 0.6) is 0 Å². The second-order valence-electron chi connectivity index (χ2n) is 4.78. The number of H-pyrrole nitrogens is 1. The van der Waals surface area contributed by atoms with E-state index in [9.17, 15) is 9.59 Å². The molecule has 0 saturated carbocycles. The fourth-order valence-electron chi connectivity index (χ4n) is 2.10. The molecular weight excluding hydrogens is 274 g/mol. The zero-order chi connectivity index (χ0) is 14.9. The quantitative estimate of drug-likeness (QED) is 0.881. The van der Waals surface area contributed by atoms with Crippen molar-refractivity contribution in [1.29, 1.82) is 0 Å². The van der Waals surface area contributed by atoms with Crippen LogP contribution in [0, 0.1) is 4.77 Å². The Morgan fingerprint density at radius 2 is 2.15 bits per heavy atom. The van der Waals surface area contributed by atoms with Crippen molar-refractivity contribution in [2.24, 2.45) is 7.05 Å². The summed E-state index contributed by atoms with van der Waals surface area (Å²) < 4.78 is 1.72. The monoisotopic (exact) mass is 291 g/mol. The normalized spacial score (nSPS) is 10.8. The van der Waals surface area contributed by atoms with Crippen molar-refractivity contribution >= 4 is 29.0 Å². The van der Waals surface area contributed by atoms with Gasteiger partial charge in [-0.1, -0.05) is 6.92 Å². The summed E-state index contributed by atoms with van der Waals surface area (Å²) in [4.78, 5) is 28.9. The Hall–Kier alpha value is -1.95. The third kappa shape index (κ3) is 2.51. The van der Waals surface area contributed by atoms with E-state index in [0.717, 1.165) is 6.42 Å². The molecule has 0 saturated heterocycles. The van der Waals surface area contributed by atoms with Crippen molar-refractivity contribution in [3.63, 3.8) is 0 Å². The molecule has 1 N–H and O–H groups in total. The van der Waals surface area contributed by atoms with Crippen LogP contribution in [0.4, 0.5) is 0 Å². The lowest BCUT2D eigenvalue weighted by Gasteiger charge is -2.16. The van der Waals surface area contributed by atoms with Crippen molar-refractivity contribution in [1.82, 2.24) is 14.5 Å². The van der Waals surface area contributed by atoms with Gasteiger partial charge in [0.1, 0.15) is 0 Å². The average molecular weight is 291 g/mol. The number of aromatic nitrogens is 2. The molecule has 1 amide bonds. The van der Waals surface area contributed by atoms with Gasteiger partial charge in [0.2, 0.25) is 0 Å². The predicted octanol–water partition coefficient (Wildman–Crippen LogP) is 2.08. The summed E-state index contributed by atoms with van der Waals surface area (Å²) in [6.07, 6.45) is 0.902. The molecule has 2 aromatic rings. The highest BCUT2D eigenvalue weighted by Crippen LogP contribution is 2.12. The van der Waals surface area contributed by atoms with Gasteiger partial charge >= 0.3 is 0 Å². The van der Waals surface area contributed by atoms with Crippen molar-refractivity contribution < 1.29 is 4.79 Å². The van der Waals surface area contributed by atoms with Gasteiger partial charge < -0.3 is 9.88 Å². The van der Waals surface area contributed by atoms with Gasteiger partial charge in [-0.25, -0.2) is 0 Å². The van der Waals surface area contributed by atoms with E-state index < -0.39 is 0 Å². The highest BCUT2D eigenvalue weighted by molar-refractivity contribution is 7.71. The summed E-state index contributed by atoms with van der Waals surface area (Å²) in [7, 11) is 3.39. The number of fused-ring (bicyclic) bond motifs is 1. The first-order valence-corrected chi connectivity index (χ1v) is 6.85. The molecule has 0 aliphatic heterocycles. The minimum atomic E-state index is -0.162. The molecule has 1 aromatic heterocycles. The highest BCUT2D eigenvalue weighted by atomic mass is 32.1. The maximum absolute atomic E-state index is 12.2. The van der Waals surface area contributed by atoms with Crippen LogP contribution in [0.15, 0.2) is 23.0 Å². The largest absolute Gasteiger partial charge is 0.342 e.